The maximum absolute atomic E-state index is 10.3. The van der Waals surface area contributed by atoms with Crippen molar-refractivity contribution in [3.05, 3.63) is 58.5 Å². The van der Waals surface area contributed by atoms with Crippen LogP contribution in [-0.2, 0) is 0 Å². The van der Waals surface area contributed by atoms with Gasteiger partial charge in [0, 0.05) is 23.2 Å². The second-order valence-electron chi connectivity index (χ2n) is 6.84. The molecule has 0 atom stereocenters. The number of phenols is 2. The molecule has 1 fully saturated rings. The van der Waals surface area contributed by atoms with Crippen LogP contribution in [0.4, 0.5) is 0 Å². The number of aromatic nitrogens is 2. The van der Waals surface area contributed by atoms with E-state index < -0.39 is 0 Å². The first-order valence-electron chi connectivity index (χ1n) is 9.43. The first kappa shape index (κ1) is 18.4. The van der Waals surface area contributed by atoms with E-state index in [1.165, 1.54) is 36.7 Å². The van der Waals surface area contributed by atoms with Gasteiger partial charge in [0.15, 0.2) is 0 Å². The quantitative estimate of drug-likeness (QED) is 0.653. The minimum absolute atomic E-state index is 0.00352. The van der Waals surface area contributed by atoms with E-state index in [1.54, 1.807) is 29.2 Å². The highest BCUT2D eigenvalue weighted by Gasteiger charge is 2.15. The predicted octanol–water partition coefficient (Wildman–Crippen LogP) is 4.14. The summed E-state index contributed by atoms with van der Waals surface area (Å²) in [4.78, 5) is 10.0. The standard InChI is InChI=1S/C21H22N4O2S/c26-17-9-10-18(20(27)12-17)19-14-28-21(24-15-6-2-1-3-7-15)25(19)23-13-16-8-4-5-11-22-16/h4-5,8-15,26-27H,1-3,6-7H2. The fraction of sp³-hybridized carbons (Fsp3) is 0.286. The highest BCUT2D eigenvalue weighted by atomic mass is 32.1. The number of rotatable bonds is 4. The van der Waals surface area contributed by atoms with Crippen molar-refractivity contribution in [3.8, 4) is 22.8 Å². The Hall–Kier alpha value is -2.93. The molecule has 0 spiro atoms. The molecule has 2 aromatic heterocycles. The van der Waals surface area contributed by atoms with Crippen molar-refractivity contribution in [1.29, 1.82) is 0 Å². The lowest BCUT2D eigenvalue weighted by Gasteiger charge is -2.16. The number of hydrogen-bond acceptors (Lipinski definition) is 6. The summed E-state index contributed by atoms with van der Waals surface area (Å²) < 4.78 is 1.75. The molecule has 3 aromatic rings. The summed E-state index contributed by atoms with van der Waals surface area (Å²) in [6.45, 7) is 0. The van der Waals surface area contributed by atoms with Crippen LogP contribution in [0.1, 0.15) is 37.8 Å². The summed E-state index contributed by atoms with van der Waals surface area (Å²) in [5, 5.41) is 26.5. The number of aromatic hydroxyl groups is 2. The lowest BCUT2D eigenvalue weighted by molar-refractivity contribution is 0.435. The Kier molecular flexibility index (Phi) is 5.53. The molecule has 1 saturated carbocycles. The maximum Gasteiger partial charge on any atom is 0.206 e. The van der Waals surface area contributed by atoms with Gasteiger partial charge in [-0.25, -0.2) is 4.68 Å². The van der Waals surface area contributed by atoms with Crippen molar-refractivity contribution in [1.82, 2.24) is 9.66 Å². The monoisotopic (exact) mass is 394 g/mol. The molecule has 4 rings (SSSR count). The molecule has 2 N–H and O–H groups in total. The van der Waals surface area contributed by atoms with Gasteiger partial charge in [-0.3, -0.25) is 9.98 Å². The highest BCUT2D eigenvalue weighted by Crippen LogP contribution is 2.32. The van der Waals surface area contributed by atoms with Gasteiger partial charge in [-0.2, -0.15) is 5.10 Å². The van der Waals surface area contributed by atoms with Crippen LogP contribution >= 0.6 is 11.3 Å². The fourth-order valence-electron chi connectivity index (χ4n) is 3.36. The number of nitrogens with zero attached hydrogens (tertiary/aromatic N) is 4. The maximum atomic E-state index is 10.3. The zero-order chi connectivity index (χ0) is 19.3. The molecule has 0 saturated heterocycles. The number of benzene rings is 1. The molecule has 1 aromatic carbocycles. The molecule has 2 heterocycles. The van der Waals surface area contributed by atoms with Crippen molar-refractivity contribution in [2.24, 2.45) is 10.1 Å². The van der Waals surface area contributed by atoms with E-state index in [0.717, 1.165) is 29.0 Å². The number of hydrogen-bond donors (Lipinski definition) is 2. The summed E-state index contributed by atoms with van der Waals surface area (Å²) in [6, 6.07) is 10.5. The van der Waals surface area contributed by atoms with Crippen molar-refractivity contribution in [2.75, 3.05) is 0 Å². The summed E-state index contributed by atoms with van der Waals surface area (Å²) in [7, 11) is 0. The van der Waals surface area contributed by atoms with E-state index in [0.29, 0.717) is 11.6 Å². The predicted molar refractivity (Wildman–Crippen MR) is 111 cm³/mol. The van der Waals surface area contributed by atoms with Gasteiger partial charge in [-0.1, -0.05) is 25.3 Å². The molecule has 144 valence electrons. The van der Waals surface area contributed by atoms with E-state index in [-0.39, 0.29) is 11.5 Å². The Morgan fingerprint density at radius 3 is 2.71 bits per heavy atom. The zero-order valence-corrected chi connectivity index (χ0v) is 16.2. The van der Waals surface area contributed by atoms with Gasteiger partial charge in [0.1, 0.15) is 11.5 Å². The average molecular weight is 394 g/mol. The summed E-state index contributed by atoms with van der Waals surface area (Å²) in [5.74, 6) is 0.0240. The zero-order valence-electron chi connectivity index (χ0n) is 15.4. The van der Waals surface area contributed by atoms with Crippen LogP contribution < -0.4 is 4.80 Å². The fourth-order valence-corrected chi connectivity index (χ4v) is 4.26. The van der Waals surface area contributed by atoms with Crippen LogP contribution in [0.15, 0.2) is 58.1 Å². The average Bonchev–Trinajstić information content (AvgIpc) is 3.10. The smallest absolute Gasteiger partial charge is 0.206 e. The van der Waals surface area contributed by atoms with Crippen molar-refractivity contribution >= 4 is 17.6 Å². The van der Waals surface area contributed by atoms with Crippen LogP contribution in [0.25, 0.3) is 11.3 Å². The van der Waals surface area contributed by atoms with Gasteiger partial charge in [0.25, 0.3) is 0 Å². The third kappa shape index (κ3) is 4.14. The lowest BCUT2D eigenvalue weighted by atomic mass is 9.96. The second-order valence-corrected chi connectivity index (χ2v) is 7.67. The largest absolute Gasteiger partial charge is 0.508 e. The Morgan fingerprint density at radius 2 is 1.96 bits per heavy atom. The molecular weight excluding hydrogens is 372 g/mol. The molecule has 6 nitrogen and oxygen atoms in total. The number of phenolic OH excluding ortho intramolecular Hbond substituents is 2. The van der Waals surface area contributed by atoms with Crippen molar-refractivity contribution in [3.63, 3.8) is 0 Å². The normalized spacial score (nSPS) is 16.1. The third-order valence-electron chi connectivity index (χ3n) is 4.80. The van der Waals surface area contributed by atoms with Crippen LogP contribution in [0.5, 0.6) is 11.5 Å². The van der Waals surface area contributed by atoms with Gasteiger partial charge < -0.3 is 10.2 Å². The van der Waals surface area contributed by atoms with Gasteiger partial charge in [0.2, 0.25) is 4.80 Å². The van der Waals surface area contributed by atoms with Crippen LogP contribution in [0.2, 0.25) is 0 Å². The Morgan fingerprint density at radius 1 is 1.11 bits per heavy atom. The molecule has 0 amide bonds. The Balaban J connectivity index is 1.79. The molecule has 28 heavy (non-hydrogen) atoms. The second kappa shape index (κ2) is 8.39. The van der Waals surface area contributed by atoms with Crippen molar-refractivity contribution < 1.29 is 10.2 Å². The van der Waals surface area contributed by atoms with Crippen molar-refractivity contribution in [2.45, 2.75) is 38.1 Å². The first-order chi connectivity index (χ1) is 13.7. The van der Waals surface area contributed by atoms with E-state index in [9.17, 15) is 10.2 Å². The molecular formula is C21H22N4O2S. The molecule has 7 heteroatoms. The molecule has 1 aliphatic carbocycles. The van der Waals surface area contributed by atoms with Crippen LogP contribution in [0.3, 0.4) is 0 Å². The minimum atomic E-state index is 0.00352. The molecule has 1 aliphatic rings. The Bertz CT molecular complexity index is 1030. The van der Waals surface area contributed by atoms with E-state index in [2.05, 4.69) is 10.1 Å². The summed E-state index contributed by atoms with van der Waals surface area (Å²) >= 11 is 1.50. The topological polar surface area (TPSA) is 83.0 Å². The molecule has 0 radical (unpaired) electrons. The van der Waals surface area contributed by atoms with E-state index in [4.69, 9.17) is 4.99 Å². The van der Waals surface area contributed by atoms with Gasteiger partial charge in [-0.05, 0) is 37.1 Å². The molecule has 0 aliphatic heterocycles. The van der Waals surface area contributed by atoms with E-state index in [1.807, 2.05) is 23.6 Å². The number of pyridine rings is 1. The lowest BCUT2D eigenvalue weighted by Crippen LogP contribution is -2.19. The van der Waals surface area contributed by atoms with Crippen LogP contribution in [0, 0.1) is 0 Å². The minimum Gasteiger partial charge on any atom is -0.508 e. The van der Waals surface area contributed by atoms with E-state index >= 15 is 0 Å². The summed E-state index contributed by atoms with van der Waals surface area (Å²) in [6.07, 6.45) is 9.31. The SMILES string of the molecule is Oc1ccc(-c2csc(=NC3CCCCC3)n2N=Cc2ccccn2)c(O)c1. The van der Waals surface area contributed by atoms with Gasteiger partial charge in [0.05, 0.1) is 23.6 Å². The van der Waals surface area contributed by atoms with Gasteiger partial charge in [-0.15, -0.1) is 11.3 Å². The summed E-state index contributed by atoms with van der Waals surface area (Å²) in [5.41, 5.74) is 2.06. The third-order valence-corrected chi connectivity index (χ3v) is 5.63. The molecule has 0 unspecified atom stereocenters. The molecule has 0 bridgehead atoms. The van der Waals surface area contributed by atoms with Gasteiger partial charge >= 0.3 is 0 Å². The Labute approximate surface area is 167 Å². The first-order valence-corrected chi connectivity index (χ1v) is 10.3. The number of thiazole rings is 1. The highest BCUT2D eigenvalue weighted by molar-refractivity contribution is 7.07. The van der Waals surface area contributed by atoms with Crippen LogP contribution in [-0.4, -0.2) is 32.1 Å².